The minimum Gasteiger partial charge on any atom is -0.354 e. The summed E-state index contributed by atoms with van der Waals surface area (Å²) in [5.74, 6) is -0.174. The van der Waals surface area contributed by atoms with E-state index in [9.17, 15) is 14.0 Å². The molecule has 0 aromatic heterocycles. The van der Waals surface area contributed by atoms with Crippen LogP contribution in [-0.4, -0.2) is 35.1 Å². The molecule has 0 spiro atoms. The molecule has 0 aliphatic carbocycles. The minimum atomic E-state index is -0.735. The van der Waals surface area contributed by atoms with Gasteiger partial charge in [-0.25, -0.2) is 4.39 Å². The summed E-state index contributed by atoms with van der Waals surface area (Å²) in [5, 5.41) is 3.00. The largest absolute Gasteiger partial charge is 0.354 e. The van der Waals surface area contributed by atoms with Gasteiger partial charge in [0.1, 0.15) is 11.9 Å². The lowest BCUT2D eigenvalue weighted by Gasteiger charge is -2.31. The molecule has 1 atom stereocenters. The summed E-state index contributed by atoms with van der Waals surface area (Å²) >= 11 is 1.60. The van der Waals surface area contributed by atoms with Crippen molar-refractivity contribution in [3.05, 3.63) is 101 Å². The summed E-state index contributed by atoms with van der Waals surface area (Å²) in [6, 6.07) is 23.5. The molecule has 190 valence electrons. The Hall–Kier alpha value is -3.12. The van der Waals surface area contributed by atoms with Gasteiger partial charge in [-0.15, -0.1) is 11.8 Å². The maximum Gasteiger partial charge on any atom is 0.243 e. The predicted octanol–water partition coefficient (Wildman–Crippen LogP) is 6.17. The summed E-state index contributed by atoms with van der Waals surface area (Å²) in [6.45, 7) is 4.69. The smallest absolute Gasteiger partial charge is 0.243 e. The second-order valence-corrected chi connectivity index (χ2v) is 10.0. The molecule has 4 nitrogen and oxygen atoms in total. The summed E-state index contributed by atoms with van der Waals surface area (Å²) in [4.78, 5) is 29.6. The van der Waals surface area contributed by atoms with Gasteiger partial charge >= 0.3 is 0 Å². The van der Waals surface area contributed by atoms with Gasteiger partial charge in [0.25, 0.3) is 0 Å². The number of unbranched alkanes of at least 4 members (excludes halogenated alkanes) is 1. The number of hydrogen-bond donors (Lipinski definition) is 1. The van der Waals surface area contributed by atoms with Crippen LogP contribution in [0.2, 0.25) is 0 Å². The summed E-state index contributed by atoms with van der Waals surface area (Å²) in [5.41, 5.74) is 2.54. The maximum absolute atomic E-state index is 14.6. The molecule has 1 N–H and O–H groups in total. The Morgan fingerprint density at radius 3 is 2.36 bits per heavy atom. The lowest BCUT2D eigenvalue weighted by Crippen LogP contribution is -2.50. The van der Waals surface area contributed by atoms with Gasteiger partial charge in [0.05, 0.1) is 0 Å². The van der Waals surface area contributed by atoms with E-state index in [0.29, 0.717) is 24.3 Å². The van der Waals surface area contributed by atoms with Crippen molar-refractivity contribution in [1.29, 1.82) is 0 Å². The van der Waals surface area contributed by atoms with Crippen LogP contribution < -0.4 is 5.32 Å². The lowest BCUT2D eigenvalue weighted by molar-refractivity contribution is -0.141. The van der Waals surface area contributed by atoms with E-state index < -0.39 is 6.04 Å². The van der Waals surface area contributed by atoms with Crippen molar-refractivity contribution in [3.8, 4) is 0 Å². The van der Waals surface area contributed by atoms with Crippen molar-refractivity contribution < 1.29 is 14.0 Å². The number of carbonyl (C=O) groups excluding carboxylic acids is 2. The molecule has 0 saturated heterocycles. The monoisotopic (exact) mass is 506 g/mol. The fourth-order valence-electron chi connectivity index (χ4n) is 3.90. The van der Waals surface area contributed by atoms with E-state index in [1.807, 2.05) is 61.5 Å². The highest BCUT2D eigenvalue weighted by molar-refractivity contribution is 7.99. The number of hydrogen-bond acceptors (Lipinski definition) is 3. The van der Waals surface area contributed by atoms with Crippen molar-refractivity contribution >= 4 is 23.6 Å². The van der Waals surface area contributed by atoms with Crippen molar-refractivity contribution in [3.63, 3.8) is 0 Å². The maximum atomic E-state index is 14.6. The van der Waals surface area contributed by atoms with Gasteiger partial charge < -0.3 is 10.2 Å². The molecule has 3 aromatic carbocycles. The van der Waals surface area contributed by atoms with E-state index in [0.717, 1.165) is 23.3 Å². The number of nitrogens with zero attached hydrogens (tertiary/aromatic N) is 1. The van der Waals surface area contributed by atoms with Crippen molar-refractivity contribution in [2.75, 3.05) is 12.3 Å². The van der Waals surface area contributed by atoms with Crippen LogP contribution in [0.5, 0.6) is 0 Å². The summed E-state index contributed by atoms with van der Waals surface area (Å²) < 4.78 is 14.6. The van der Waals surface area contributed by atoms with E-state index in [2.05, 4.69) is 12.2 Å². The van der Waals surface area contributed by atoms with Crippen LogP contribution in [0, 0.1) is 12.7 Å². The number of carbonyl (C=O) groups is 2. The van der Waals surface area contributed by atoms with Gasteiger partial charge in [0, 0.05) is 42.1 Å². The fourth-order valence-corrected chi connectivity index (χ4v) is 4.75. The molecule has 36 heavy (non-hydrogen) atoms. The Labute approximate surface area is 218 Å². The second kappa shape index (κ2) is 14.4. The van der Waals surface area contributed by atoms with E-state index in [-0.39, 0.29) is 30.6 Å². The molecule has 0 saturated carbocycles. The van der Waals surface area contributed by atoms with Crippen molar-refractivity contribution in [2.45, 2.75) is 57.0 Å². The molecule has 0 heterocycles. The van der Waals surface area contributed by atoms with Gasteiger partial charge in [-0.1, -0.05) is 79.6 Å². The van der Waals surface area contributed by atoms with Crippen LogP contribution in [0.15, 0.2) is 83.8 Å². The fraction of sp³-hybridized carbons (Fsp3) is 0.333. The van der Waals surface area contributed by atoms with Gasteiger partial charge in [-0.3, -0.25) is 9.59 Å². The summed E-state index contributed by atoms with van der Waals surface area (Å²) in [6.07, 6.45) is 2.43. The van der Waals surface area contributed by atoms with Gasteiger partial charge in [0.2, 0.25) is 11.8 Å². The Balaban J connectivity index is 1.83. The highest BCUT2D eigenvalue weighted by Crippen LogP contribution is 2.22. The molecular formula is C30H35FN2O2S. The Morgan fingerprint density at radius 2 is 1.67 bits per heavy atom. The molecule has 0 bridgehead atoms. The first-order chi connectivity index (χ1) is 17.5. The van der Waals surface area contributed by atoms with Crippen LogP contribution in [0.1, 0.15) is 42.9 Å². The minimum absolute atomic E-state index is 0.0411. The predicted molar refractivity (Wildman–Crippen MR) is 145 cm³/mol. The van der Waals surface area contributed by atoms with Gasteiger partial charge in [0.15, 0.2) is 0 Å². The van der Waals surface area contributed by atoms with Gasteiger partial charge in [-0.2, -0.15) is 0 Å². The van der Waals surface area contributed by atoms with E-state index >= 15 is 0 Å². The molecular weight excluding hydrogens is 471 g/mol. The zero-order valence-corrected chi connectivity index (χ0v) is 21.9. The molecule has 6 heteroatoms. The molecule has 0 aliphatic rings. The number of nitrogens with one attached hydrogen (secondary N) is 1. The van der Waals surface area contributed by atoms with Crippen LogP contribution in [-0.2, 0) is 22.6 Å². The first kappa shape index (κ1) is 27.5. The first-order valence-corrected chi connectivity index (χ1v) is 13.5. The van der Waals surface area contributed by atoms with Crippen LogP contribution in [0.25, 0.3) is 0 Å². The molecule has 3 aromatic rings. The zero-order chi connectivity index (χ0) is 25.8. The van der Waals surface area contributed by atoms with E-state index in [4.69, 9.17) is 0 Å². The Kier molecular flexibility index (Phi) is 11.0. The standard InChI is InChI=1S/C30H35FN2O2S/c1-3-4-19-32-30(35)28(21-24-10-6-5-7-11-24)33(22-25-12-8-9-13-27(25)31)29(34)18-20-36-26-16-14-23(2)15-17-26/h5-17,28H,3-4,18-22H2,1-2H3,(H,32,35)/t28-/m1/s1. The Bertz CT molecular complexity index is 1110. The van der Waals surface area contributed by atoms with Crippen molar-refractivity contribution in [2.24, 2.45) is 0 Å². The lowest BCUT2D eigenvalue weighted by atomic mass is 10.0. The average Bonchev–Trinajstić information content (AvgIpc) is 2.89. The van der Waals surface area contributed by atoms with Crippen molar-refractivity contribution in [1.82, 2.24) is 10.2 Å². The SMILES string of the molecule is CCCCNC(=O)[C@@H](Cc1ccccc1)N(Cc1ccccc1F)C(=O)CCSc1ccc(C)cc1. The number of amides is 2. The third-order valence-electron chi connectivity index (χ3n) is 6.00. The van der Waals surface area contributed by atoms with Crippen LogP contribution in [0.3, 0.4) is 0 Å². The molecule has 3 rings (SSSR count). The third kappa shape index (κ3) is 8.52. The number of rotatable bonds is 13. The normalized spacial score (nSPS) is 11.6. The van der Waals surface area contributed by atoms with Gasteiger partial charge in [-0.05, 0) is 37.1 Å². The second-order valence-electron chi connectivity index (χ2n) is 8.87. The summed E-state index contributed by atoms with van der Waals surface area (Å²) in [7, 11) is 0. The topological polar surface area (TPSA) is 49.4 Å². The molecule has 0 radical (unpaired) electrons. The molecule has 0 aliphatic heterocycles. The van der Waals surface area contributed by atoms with Crippen LogP contribution >= 0.6 is 11.8 Å². The highest BCUT2D eigenvalue weighted by Gasteiger charge is 2.30. The van der Waals surface area contributed by atoms with Crippen LogP contribution in [0.4, 0.5) is 4.39 Å². The number of benzene rings is 3. The van der Waals surface area contributed by atoms with E-state index in [1.165, 1.54) is 11.6 Å². The number of aryl methyl sites for hydroxylation is 1. The number of halogens is 1. The number of thioether (sulfide) groups is 1. The van der Waals surface area contributed by atoms with E-state index in [1.54, 1.807) is 34.9 Å². The third-order valence-corrected chi connectivity index (χ3v) is 7.02. The molecule has 0 fully saturated rings. The Morgan fingerprint density at radius 1 is 0.972 bits per heavy atom. The highest BCUT2D eigenvalue weighted by atomic mass is 32.2. The molecule has 0 unspecified atom stereocenters. The quantitative estimate of drug-likeness (QED) is 0.223. The zero-order valence-electron chi connectivity index (χ0n) is 21.1. The first-order valence-electron chi connectivity index (χ1n) is 12.5. The average molecular weight is 507 g/mol. The molecule has 2 amide bonds.